The molecule has 0 spiro atoms. The highest BCUT2D eigenvalue weighted by atomic mass is 16.5. The van der Waals surface area contributed by atoms with Gasteiger partial charge in [-0.15, -0.1) is 0 Å². The largest absolute Gasteiger partial charge is 0.481 e. The van der Waals surface area contributed by atoms with E-state index < -0.39 is 11.9 Å². The van der Waals surface area contributed by atoms with Crippen molar-refractivity contribution in [2.45, 2.75) is 26.2 Å². The number of hydrogen-bond donors (Lipinski definition) is 0. The molecule has 1 unspecified atom stereocenters. The molecule has 8 nitrogen and oxygen atoms in total. The second kappa shape index (κ2) is 8.81. The van der Waals surface area contributed by atoms with Crippen molar-refractivity contribution in [1.82, 2.24) is 9.97 Å². The van der Waals surface area contributed by atoms with E-state index in [1.807, 2.05) is 6.07 Å². The fraction of sp³-hybridized carbons (Fsp3) is 0.381. The molecule has 8 heteroatoms. The molecule has 0 aromatic carbocycles. The molecular weight excluding hydrogens is 376 g/mol. The average Bonchev–Trinajstić information content (AvgIpc) is 3.28. The average molecular weight is 398 g/mol. The Hall–Kier alpha value is -3.29. The molecular formula is C21H22N2O6. The lowest BCUT2D eigenvalue weighted by atomic mass is 10.1. The van der Waals surface area contributed by atoms with Crippen molar-refractivity contribution in [1.29, 1.82) is 0 Å². The molecule has 0 saturated heterocycles. The van der Waals surface area contributed by atoms with Gasteiger partial charge in [-0.3, -0.25) is 14.4 Å². The minimum Gasteiger partial charge on any atom is -0.481 e. The molecule has 0 saturated carbocycles. The van der Waals surface area contributed by atoms with Gasteiger partial charge in [0, 0.05) is 42.1 Å². The van der Waals surface area contributed by atoms with E-state index in [0.717, 1.165) is 23.1 Å². The fourth-order valence-corrected chi connectivity index (χ4v) is 3.34. The second-order valence-corrected chi connectivity index (χ2v) is 6.56. The molecule has 29 heavy (non-hydrogen) atoms. The zero-order valence-corrected chi connectivity index (χ0v) is 16.6. The first-order valence-electron chi connectivity index (χ1n) is 9.28. The van der Waals surface area contributed by atoms with Gasteiger partial charge < -0.3 is 14.2 Å². The predicted molar refractivity (Wildman–Crippen MR) is 102 cm³/mol. The highest BCUT2D eigenvalue weighted by Gasteiger charge is 2.37. The normalized spacial score (nSPS) is 16.4. The zero-order chi connectivity index (χ0) is 21.0. The summed E-state index contributed by atoms with van der Waals surface area (Å²) >= 11 is 0. The number of carbonyl (C=O) groups excluding carboxylic acids is 3. The minimum absolute atomic E-state index is 0.195. The smallest absolute Gasteiger partial charge is 0.317 e. The molecule has 2 aromatic rings. The van der Waals surface area contributed by atoms with Crippen LogP contribution in [-0.4, -0.2) is 48.3 Å². The summed E-state index contributed by atoms with van der Waals surface area (Å²) in [6.07, 6.45) is 4.86. The third-order valence-electron chi connectivity index (χ3n) is 4.85. The number of carbonyl (C=O) groups is 3. The van der Waals surface area contributed by atoms with Crippen molar-refractivity contribution < 1.29 is 28.6 Å². The molecule has 1 atom stereocenters. The Morgan fingerprint density at radius 1 is 1.00 bits per heavy atom. The van der Waals surface area contributed by atoms with Crippen LogP contribution in [0.25, 0.3) is 0 Å². The summed E-state index contributed by atoms with van der Waals surface area (Å²) in [7, 11) is 3.08. The lowest BCUT2D eigenvalue weighted by Crippen LogP contribution is -2.23. The van der Waals surface area contributed by atoms with Gasteiger partial charge in [0.25, 0.3) is 0 Å². The monoisotopic (exact) mass is 398 g/mol. The van der Waals surface area contributed by atoms with Gasteiger partial charge in [-0.2, -0.15) is 0 Å². The third-order valence-corrected chi connectivity index (χ3v) is 4.85. The van der Waals surface area contributed by atoms with Crippen LogP contribution in [0.3, 0.4) is 0 Å². The SMILES string of the molecule is CCOC(=O)C1Cc2cc(OC)ncc2C1=O.COc1cc2c(cn1)C(=O)CC2. The molecule has 2 aliphatic carbocycles. The van der Waals surface area contributed by atoms with Crippen molar-refractivity contribution >= 4 is 17.5 Å². The van der Waals surface area contributed by atoms with Gasteiger partial charge in [0.05, 0.1) is 20.8 Å². The van der Waals surface area contributed by atoms with Crippen LogP contribution in [0.4, 0.5) is 0 Å². The van der Waals surface area contributed by atoms with Crippen molar-refractivity contribution in [2.24, 2.45) is 5.92 Å². The summed E-state index contributed by atoms with van der Waals surface area (Å²) < 4.78 is 14.8. The van der Waals surface area contributed by atoms with Crippen LogP contribution in [0, 0.1) is 5.92 Å². The third kappa shape index (κ3) is 4.26. The first-order chi connectivity index (χ1) is 14.0. The predicted octanol–water partition coefficient (Wildman–Crippen LogP) is 2.23. The fourth-order valence-electron chi connectivity index (χ4n) is 3.34. The van der Waals surface area contributed by atoms with E-state index in [0.29, 0.717) is 30.2 Å². The highest BCUT2D eigenvalue weighted by Crippen LogP contribution is 2.29. The zero-order valence-electron chi connectivity index (χ0n) is 16.6. The van der Waals surface area contributed by atoms with E-state index in [1.54, 1.807) is 26.3 Å². The van der Waals surface area contributed by atoms with Gasteiger partial charge in [-0.05, 0) is 30.9 Å². The first-order valence-corrected chi connectivity index (χ1v) is 9.28. The van der Waals surface area contributed by atoms with Gasteiger partial charge in [0.1, 0.15) is 5.92 Å². The molecule has 152 valence electrons. The van der Waals surface area contributed by atoms with Crippen molar-refractivity contribution in [3.05, 3.63) is 46.8 Å². The molecule has 4 rings (SSSR count). The van der Waals surface area contributed by atoms with Crippen LogP contribution in [-0.2, 0) is 22.4 Å². The molecule has 0 amide bonds. The number of ketones is 2. The van der Waals surface area contributed by atoms with Gasteiger partial charge in [-0.25, -0.2) is 9.97 Å². The number of aryl methyl sites for hydroxylation is 1. The number of hydrogen-bond acceptors (Lipinski definition) is 8. The van der Waals surface area contributed by atoms with E-state index in [1.165, 1.54) is 13.3 Å². The number of pyridine rings is 2. The van der Waals surface area contributed by atoms with E-state index in [2.05, 4.69) is 9.97 Å². The van der Waals surface area contributed by atoms with Crippen LogP contribution >= 0.6 is 0 Å². The minimum atomic E-state index is -0.723. The van der Waals surface area contributed by atoms with Crippen LogP contribution in [0.15, 0.2) is 24.5 Å². The Kier molecular flexibility index (Phi) is 6.21. The number of methoxy groups -OCH3 is 2. The van der Waals surface area contributed by atoms with Gasteiger partial charge in [0.15, 0.2) is 11.6 Å². The Balaban J connectivity index is 0.000000176. The number of rotatable bonds is 4. The summed E-state index contributed by atoms with van der Waals surface area (Å²) in [6.45, 7) is 2.00. The maximum Gasteiger partial charge on any atom is 0.317 e. The number of ether oxygens (including phenoxy) is 3. The van der Waals surface area contributed by atoms with Crippen molar-refractivity contribution in [2.75, 3.05) is 20.8 Å². The summed E-state index contributed by atoms with van der Waals surface area (Å²) in [4.78, 5) is 42.6. The topological polar surface area (TPSA) is 105 Å². The molecule has 2 aromatic heterocycles. The summed E-state index contributed by atoms with van der Waals surface area (Å²) in [5.74, 6) is -0.176. The van der Waals surface area contributed by atoms with Crippen molar-refractivity contribution in [3.63, 3.8) is 0 Å². The van der Waals surface area contributed by atoms with Crippen LogP contribution in [0.1, 0.15) is 45.2 Å². The van der Waals surface area contributed by atoms with Crippen LogP contribution in [0.5, 0.6) is 11.8 Å². The number of nitrogens with zero attached hydrogens (tertiary/aromatic N) is 2. The highest BCUT2D eigenvalue weighted by molar-refractivity contribution is 6.12. The second-order valence-electron chi connectivity index (χ2n) is 6.56. The van der Waals surface area contributed by atoms with Gasteiger partial charge in [-0.1, -0.05) is 0 Å². The maximum absolute atomic E-state index is 11.9. The maximum atomic E-state index is 11.9. The van der Waals surface area contributed by atoms with E-state index in [4.69, 9.17) is 14.2 Å². The lowest BCUT2D eigenvalue weighted by Gasteiger charge is -2.05. The Morgan fingerprint density at radius 3 is 2.24 bits per heavy atom. The van der Waals surface area contributed by atoms with Gasteiger partial charge >= 0.3 is 5.97 Å². The molecule has 0 bridgehead atoms. The number of fused-ring (bicyclic) bond motifs is 2. The Bertz CT molecular complexity index is 956. The standard InChI is InChI=1S/C12H13NO4.C9H9NO2/c1-3-17-12(15)8-4-7-5-10(16-2)13-6-9(7)11(8)14;1-12-9-4-6-2-3-8(11)7(6)5-10-9/h5-6,8H,3-4H2,1-2H3;4-5H,2-3H2,1H3. The molecule has 0 fully saturated rings. The lowest BCUT2D eigenvalue weighted by molar-refractivity contribution is -0.145. The van der Waals surface area contributed by atoms with Crippen LogP contribution in [0.2, 0.25) is 0 Å². The molecule has 0 radical (unpaired) electrons. The van der Waals surface area contributed by atoms with E-state index in [9.17, 15) is 14.4 Å². The first kappa shape index (κ1) is 20.4. The number of Topliss-reactive ketones (excluding diaryl/α,β-unsaturated/α-hetero) is 2. The summed E-state index contributed by atoms with van der Waals surface area (Å²) in [6, 6.07) is 3.52. The van der Waals surface area contributed by atoms with E-state index >= 15 is 0 Å². The van der Waals surface area contributed by atoms with Gasteiger partial charge in [0.2, 0.25) is 11.8 Å². The number of aromatic nitrogens is 2. The summed E-state index contributed by atoms with van der Waals surface area (Å²) in [5, 5.41) is 0. The number of esters is 1. The Labute approximate surface area is 168 Å². The van der Waals surface area contributed by atoms with Crippen LogP contribution < -0.4 is 9.47 Å². The van der Waals surface area contributed by atoms with E-state index in [-0.39, 0.29) is 18.2 Å². The quantitative estimate of drug-likeness (QED) is 0.570. The summed E-state index contributed by atoms with van der Waals surface area (Å²) in [5.41, 5.74) is 3.10. The van der Waals surface area contributed by atoms with Crippen molar-refractivity contribution in [3.8, 4) is 11.8 Å². The Morgan fingerprint density at radius 2 is 1.62 bits per heavy atom. The molecule has 0 N–H and O–H groups in total. The molecule has 2 aliphatic rings. The molecule has 0 aliphatic heterocycles. The molecule has 2 heterocycles.